The minimum Gasteiger partial charge on any atom is -0.325 e. The standard InChI is InChI=1S/C18H17Cl2N3O2S/c19-11-3-4-12(20)14(7-11)21-16(24)8-15-17(25)23-18(26-15)22-13-6-9-1-2-10(13)5-9/h1-4,7,9-10,13,15H,5-6,8H2,(H,21,24)(H,22,23,25)/t9-,10-,13-,15+/m0/s1. The minimum atomic E-state index is -0.485. The monoisotopic (exact) mass is 409 g/mol. The van der Waals surface area contributed by atoms with E-state index in [-0.39, 0.29) is 24.3 Å². The number of carbonyl (C=O) groups is 2. The van der Waals surface area contributed by atoms with Crippen molar-refractivity contribution in [2.75, 3.05) is 5.32 Å². The number of halogens is 2. The summed E-state index contributed by atoms with van der Waals surface area (Å²) in [5.74, 6) is 0.642. The van der Waals surface area contributed by atoms with Crippen LogP contribution in [-0.4, -0.2) is 28.3 Å². The minimum absolute atomic E-state index is 0.0506. The maximum absolute atomic E-state index is 12.3. The van der Waals surface area contributed by atoms with Crippen LogP contribution in [0.3, 0.4) is 0 Å². The number of allylic oxidation sites excluding steroid dienone is 1. The highest BCUT2D eigenvalue weighted by Gasteiger charge is 2.38. The molecule has 2 N–H and O–H groups in total. The van der Waals surface area contributed by atoms with Crippen molar-refractivity contribution < 1.29 is 9.59 Å². The molecule has 0 spiro atoms. The number of rotatable bonds is 4. The summed E-state index contributed by atoms with van der Waals surface area (Å²) in [7, 11) is 0. The molecule has 2 fully saturated rings. The zero-order chi connectivity index (χ0) is 18.3. The first-order valence-corrected chi connectivity index (χ1v) is 10.1. The van der Waals surface area contributed by atoms with E-state index in [1.807, 2.05) is 0 Å². The fourth-order valence-electron chi connectivity index (χ4n) is 3.61. The van der Waals surface area contributed by atoms with Crippen LogP contribution in [-0.2, 0) is 9.59 Å². The topological polar surface area (TPSA) is 70.6 Å². The number of benzene rings is 1. The molecule has 136 valence electrons. The van der Waals surface area contributed by atoms with Gasteiger partial charge in [-0.3, -0.25) is 14.6 Å². The van der Waals surface area contributed by atoms with Crippen molar-refractivity contribution in [1.29, 1.82) is 0 Å². The van der Waals surface area contributed by atoms with Gasteiger partial charge in [0.2, 0.25) is 11.8 Å². The predicted octanol–water partition coefficient (Wildman–Crippen LogP) is 3.87. The largest absolute Gasteiger partial charge is 0.325 e. The predicted molar refractivity (Wildman–Crippen MR) is 106 cm³/mol. The Morgan fingerprint density at radius 2 is 2.15 bits per heavy atom. The molecule has 0 unspecified atom stereocenters. The van der Waals surface area contributed by atoms with Gasteiger partial charge in [0.05, 0.1) is 16.8 Å². The molecule has 1 saturated heterocycles. The SMILES string of the molecule is O=C(C[C@H]1SC(=N[C@H]2C[C@H]3C=C[C@H]2C3)NC1=O)Nc1cc(Cl)ccc1Cl. The fourth-order valence-corrected chi connectivity index (χ4v) is 4.98. The summed E-state index contributed by atoms with van der Waals surface area (Å²) in [5, 5.41) is 6.53. The van der Waals surface area contributed by atoms with Crippen LogP contribution < -0.4 is 10.6 Å². The first kappa shape index (κ1) is 17.9. The number of hydrogen-bond acceptors (Lipinski definition) is 4. The Morgan fingerprint density at radius 1 is 1.31 bits per heavy atom. The molecule has 1 aliphatic heterocycles. The third-order valence-electron chi connectivity index (χ3n) is 4.88. The Hall–Kier alpha value is -1.50. The zero-order valence-electron chi connectivity index (χ0n) is 13.7. The van der Waals surface area contributed by atoms with Crippen LogP contribution in [0.2, 0.25) is 10.0 Å². The average molecular weight is 410 g/mol. The molecule has 0 radical (unpaired) electrons. The summed E-state index contributed by atoms with van der Waals surface area (Å²) in [6.45, 7) is 0. The molecule has 1 heterocycles. The maximum atomic E-state index is 12.3. The van der Waals surface area contributed by atoms with Crippen LogP contribution in [0.25, 0.3) is 0 Å². The van der Waals surface area contributed by atoms with Crippen LogP contribution in [0.15, 0.2) is 35.3 Å². The first-order chi connectivity index (χ1) is 12.5. The maximum Gasteiger partial charge on any atom is 0.240 e. The van der Waals surface area contributed by atoms with Gasteiger partial charge in [0.25, 0.3) is 0 Å². The molecule has 5 nitrogen and oxygen atoms in total. The number of amidine groups is 1. The number of hydrogen-bond donors (Lipinski definition) is 2. The summed E-state index contributed by atoms with van der Waals surface area (Å²) in [4.78, 5) is 29.2. The van der Waals surface area contributed by atoms with E-state index in [0.717, 1.165) is 12.8 Å². The Labute approximate surface area is 165 Å². The van der Waals surface area contributed by atoms with Crippen LogP contribution in [0.1, 0.15) is 19.3 Å². The number of thioether (sulfide) groups is 1. The van der Waals surface area contributed by atoms with Crippen molar-refractivity contribution >= 4 is 57.6 Å². The van der Waals surface area contributed by atoms with Crippen molar-refractivity contribution in [3.8, 4) is 0 Å². The fraction of sp³-hybridized carbons (Fsp3) is 0.389. The van der Waals surface area contributed by atoms with Crippen molar-refractivity contribution in [2.45, 2.75) is 30.6 Å². The molecule has 8 heteroatoms. The van der Waals surface area contributed by atoms with E-state index in [1.165, 1.54) is 11.8 Å². The Morgan fingerprint density at radius 3 is 2.88 bits per heavy atom. The van der Waals surface area contributed by atoms with Crippen molar-refractivity contribution in [1.82, 2.24) is 5.32 Å². The number of carbonyl (C=O) groups excluding carboxylic acids is 2. The molecule has 2 amide bonds. The smallest absolute Gasteiger partial charge is 0.240 e. The zero-order valence-corrected chi connectivity index (χ0v) is 16.1. The van der Waals surface area contributed by atoms with Gasteiger partial charge < -0.3 is 10.6 Å². The van der Waals surface area contributed by atoms with E-state index in [1.54, 1.807) is 18.2 Å². The van der Waals surface area contributed by atoms with Gasteiger partial charge in [-0.15, -0.1) is 0 Å². The molecule has 4 rings (SSSR count). The highest BCUT2D eigenvalue weighted by atomic mass is 35.5. The van der Waals surface area contributed by atoms with Crippen LogP contribution in [0, 0.1) is 11.8 Å². The molecule has 26 heavy (non-hydrogen) atoms. The van der Waals surface area contributed by atoms with E-state index in [4.69, 9.17) is 28.2 Å². The number of anilines is 1. The van der Waals surface area contributed by atoms with Gasteiger partial charge in [-0.1, -0.05) is 47.1 Å². The van der Waals surface area contributed by atoms with Crippen LogP contribution >= 0.6 is 35.0 Å². The molecule has 2 bridgehead atoms. The van der Waals surface area contributed by atoms with Gasteiger partial charge in [-0.25, -0.2) is 0 Å². The van der Waals surface area contributed by atoms with Crippen molar-refractivity contribution in [3.05, 3.63) is 40.4 Å². The molecular weight excluding hydrogens is 393 g/mol. The van der Waals surface area contributed by atoms with Crippen molar-refractivity contribution in [3.63, 3.8) is 0 Å². The van der Waals surface area contributed by atoms with Gasteiger partial charge in [0.1, 0.15) is 5.25 Å². The normalized spacial score (nSPS) is 30.8. The lowest BCUT2D eigenvalue weighted by atomic mass is 10.0. The third-order valence-corrected chi connectivity index (χ3v) is 6.54. The second kappa shape index (κ2) is 7.25. The Kier molecular flexibility index (Phi) is 4.99. The molecule has 1 aromatic carbocycles. The van der Waals surface area contributed by atoms with Gasteiger partial charge in [-0.2, -0.15) is 0 Å². The number of nitrogens with zero attached hydrogens (tertiary/aromatic N) is 1. The summed E-state index contributed by atoms with van der Waals surface area (Å²) in [6.07, 6.45) is 6.74. The number of nitrogens with one attached hydrogen (secondary N) is 2. The molecule has 0 aromatic heterocycles. The van der Waals surface area contributed by atoms with E-state index in [2.05, 4.69) is 22.8 Å². The molecule has 4 atom stereocenters. The molecule has 1 aromatic rings. The summed E-state index contributed by atoms with van der Waals surface area (Å²) in [5.41, 5.74) is 0.440. The second-order valence-corrected chi connectivity index (χ2v) is 8.79. The summed E-state index contributed by atoms with van der Waals surface area (Å²) < 4.78 is 0. The lowest BCUT2D eigenvalue weighted by Crippen LogP contribution is -2.28. The molecule has 2 aliphatic carbocycles. The van der Waals surface area contributed by atoms with Crippen molar-refractivity contribution in [2.24, 2.45) is 16.8 Å². The molecule has 1 saturated carbocycles. The first-order valence-electron chi connectivity index (χ1n) is 8.46. The lowest BCUT2D eigenvalue weighted by molar-refractivity contribution is -0.122. The Bertz CT molecular complexity index is 827. The summed E-state index contributed by atoms with van der Waals surface area (Å²) in [6, 6.07) is 5.09. The van der Waals surface area contributed by atoms with Gasteiger partial charge in [-0.05, 0) is 42.9 Å². The highest BCUT2D eigenvalue weighted by molar-refractivity contribution is 8.15. The van der Waals surface area contributed by atoms with Gasteiger partial charge in [0, 0.05) is 11.4 Å². The third kappa shape index (κ3) is 3.77. The highest BCUT2D eigenvalue weighted by Crippen LogP contribution is 2.41. The quantitative estimate of drug-likeness (QED) is 0.741. The van der Waals surface area contributed by atoms with Crippen LogP contribution in [0.4, 0.5) is 5.69 Å². The Balaban J connectivity index is 1.36. The number of fused-ring (bicyclic) bond motifs is 2. The lowest BCUT2D eigenvalue weighted by Gasteiger charge is -2.13. The molecule has 3 aliphatic rings. The number of amides is 2. The van der Waals surface area contributed by atoms with E-state index < -0.39 is 5.25 Å². The van der Waals surface area contributed by atoms with Crippen LogP contribution in [0.5, 0.6) is 0 Å². The number of aliphatic imine (C=N–C) groups is 1. The van der Waals surface area contributed by atoms with E-state index in [9.17, 15) is 9.59 Å². The van der Waals surface area contributed by atoms with Gasteiger partial charge >= 0.3 is 0 Å². The van der Waals surface area contributed by atoms with Gasteiger partial charge in [0.15, 0.2) is 5.17 Å². The molecular formula is C18H17Cl2N3O2S. The summed E-state index contributed by atoms with van der Waals surface area (Å²) >= 11 is 13.3. The van der Waals surface area contributed by atoms with E-state index >= 15 is 0 Å². The average Bonchev–Trinajstić information content (AvgIpc) is 3.28. The second-order valence-electron chi connectivity index (χ2n) is 6.75. The van der Waals surface area contributed by atoms with E-state index in [0.29, 0.717) is 32.7 Å².